The van der Waals surface area contributed by atoms with Gasteiger partial charge in [0.05, 0.1) is 24.8 Å². The van der Waals surface area contributed by atoms with Crippen molar-refractivity contribution in [2.75, 3.05) is 39.4 Å². The minimum atomic E-state index is -0.826. The van der Waals surface area contributed by atoms with Crippen LogP contribution in [-0.4, -0.2) is 65.5 Å². The third-order valence-electron chi connectivity index (χ3n) is 6.36. The number of likely N-dealkylation sites (tertiary alicyclic amines) is 1. The van der Waals surface area contributed by atoms with E-state index < -0.39 is 6.10 Å². The zero-order chi connectivity index (χ0) is 23.0. The van der Waals surface area contributed by atoms with Crippen LogP contribution in [0.1, 0.15) is 30.1 Å². The number of piperidine rings is 1. The molecule has 2 aromatic carbocycles. The molecule has 3 aromatic rings. The monoisotopic (exact) mass is 451 g/mol. The van der Waals surface area contributed by atoms with Crippen LogP contribution >= 0.6 is 0 Å². The molecule has 4 rings (SSSR count). The number of hydrogen-bond donors (Lipinski definition) is 4. The molecule has 33 heavy (non-hydrogen) atoms. The van der Waals surface area contributed by atoms with Gasteiger partial charge in [-0.2, -0.15) is 0 Å². The minimum Gasteiger partial charge on any atom is -0.506 e. The van der Waals surface area contributed by atoms with Gasteiger partial charge in [0.25, 0.3) is 0 Å². The van der Waals surface area contributed by atoms with Crippen LogP contribution in [0.2, 0.25) is 0 Å². The molecular formula is C26H33N3O4. The molecule has 4 N–H and O–H groups in total. The summed E-state index contributed by atoms with van der Waals surface area (Å²) in [5.41, 5.74) is 1.86. The lowest BCUT2D eigenvalue weighted by atomic mass is 10.0. The zero-order valence-electron chi connectivity index (χ0n) is 18.9. The number of fused-ring (bicyclic) bond motifs is 1. The van der Waals surface area contributed by atoms with Gasteiger partial charge < -0.3 is 30.2 Å². The van der Waals surface area contributed by atoms with Crippen molar-refractivity contribution in [3.63, 3.8) is 0 Å². The summed E-state index contributed by atoms with van der Waals surface area (Å²) < 4.78 is 5.81. The van der Waals surface area contributed by atoms with Crippen LogP contribution < -0.4 is 10.9 Å². The lowest BCUT2D eigenvalue weighted by Gasteiger charge is -2.32. The lowest BCUT2D eigenvalue weighted by Crippen LogP contribution is -2.44. The van der Waals surface area contributed by atoms with E-state index in [0.29, 0.717) is 29.1 Å². The second kappa shape index (κ2) is 11.4. The molecule has 1 aromatic heterocycles. The fourth-order valence-corrected chi connectivity index (χ4v) is 4.45. The highest BCUT2D eigenvalue weighted by Gasteiger charge is 2.21. The van der Waals surface area contributed by atoms with E-state index in [1.54, 1.807) is 12.1 Å². The average molecular weight is 452 g/mol. The Morgan fingerprint density at radius 1 is 1.09 bits per heavy atom. The van der Waals surface area contributed by atoms with Crippen LogP contribution in [0.3, 0.4) is 0 Å². The molecule has 0 radical (unpaired) electrons. The maximum atomic E-state index is 12.0. The molecule has 1 atom stereocenters. The SMILES string of the molecule is O=c1cc([C@@H](O)CNC2CCN(CCOCCc3ccccc3)CC2)c2cccc(O)c2[nH]1. The van der Waals surface area contributed by atoms with Crippen molar-refractivity contribution in [2.24, 2.45) is 0 Å². The molecule has 1 aliphatic heterocycles. The molecular weight excluding hydrogens is 418 g/mol. The van der Waals surface area contributed by atoms with Crippen LogP contribution in [0.4, 0.5) is 0 Å². The summed E-state index contributed by atoms with van der Waals surface area (Å²) in [5, 5.41) is 24.9. The molecule has 7 nitrogen and oxygen atoms in total. The largest absolute Gasteiger partial charge is 0.506 e. The maximum absolute atomic E-state index is 12.0. The van der Waals surface area contributed by atoms with Crippen molar-refractivity contribution < 1.29 is 14.9 Å². The molecule has 1 fully saturated rings. The van der Waals surface area contributed by atoms with Crippen LogP contribution in [0.25, 0.3) is 10.9 Å². The van der Waals surface area contributed by atoms with E-state index in [2.05, 4.69) is 39.5 Å². The van der Waals surface area contributed by atoms with Gasteiger partial charge in [0.1, 0.15) is 5.75 Å². The van der Waals surface area contributed by atoms with Gasteiger partial charge in [0, 0.05) is 30.6 Å². The third-order valence-corrected chi connectivity index (χ3v) is 6.36. The highest BCUT2D eigenvalue weighted by molar-refractivity contribution is 5.87. The summed E-state index contributed by atoms with van der Waals surface area (Å²) in [6.07, 6.45) is 2.13. The normalized spacial score (nSPS) is 16.3. The number of nitrogens with one attached hydrogen (secondary N) is 2. The Balaban J connectivity index is 1.17. The van der Waals surface area contributed by atoms with Crippen molar-refractivity contribution in [2.45, 2.75) is 31.4 Å². The molecule has 7 heteroatoms. The third kappa shape index (κ3) is 6.42. The first-order chi connectivity index (χ1) is 16.1. The van der Waals surface area contributed by atoms with Gasteiger partial charge in [0.15, 0.2) is 0 Å². The summed E-state index contributed by atoms with van der Waals surface area (Å²) in [6, 6.07) is 17.2. The fourth-order valence-electron chi connectivity index (χ4n) is 4.45. The van der Waals surface area contributed by atoms with Crippen LogP contribution in [0.15, 0.2) is 59.4 Å². The van der Waals surface area contributed by atoms with E-state index in [-0.39, 0.29) is 11.3 Å². The van der Waals surface area contributed by atoms with E-state index in [4.69, 9.17) is 4.74 Å². The zero-order valence-corrected chi connectivity index (χ0v) is 18.9. The second-order valence-corrected chi connectivity index (χ2v) is 8.68. The number of pyridine rings is 1. The number of aliphatic hydroxyl groups is 1. The Labute approximate surface area is 194 Å². The van der Waals surface area contributed by atoms with E-state index in [0.717, 1.165) is 52.1 Å². The maximum Gasteiger partial charge on any atom is 0.248 e. The Bertz CT molecular complexity index is 1080. The number of phenols is 1. The first-order valence-corrected chi connectivity index (χ1v) is 11.7. The van der Waals surface area contributed by atoms with E-state index in [1.165, 1.54) is 17.7 Å². The number of aliphatic hydroxyl groups excluding tert-OH is 1. The molecule has 0 spiro atoms. The van der Waals surface area contributed by atoms with Crippen LogP contribution in [0, 0.1) is 0 Å². The number of aromatic amines is 1. The molecule has 176 valence electrons. The predicted octanol–water partition coefficient (Wildman–Crippen LogP) is 2.58. The van der Waals surface area contributed by atoms with E-state index >= 15 is 0 Å². The summed E-state index contributed by atoms with van der Waals surface area (Å²) in [7, 11) is 0. The topological polar surface area (TPSA) is 97.8 Å². The first kappa shape index (κ1) is 23.4. The van der Waals surface area contributed by atoms with Crippen molar-refractivity contribution in [1.29, 1.82) is 0 Å². The number of phenolic OH excluding ortho intramolecular Hbond substituents is 1. The number of aromatic nitrogens is 1. The number of para-hydroxylation sites is 1. The van der Waals surface area contributed by atoms with Crippen molar-refractivity contribution in [1.82, 2.24) is 15.2 Å². The predicted molar refractivity (Wildman–Crippen MR) is 130 cm³/mol. The lowest BCUT2D eigenvalue weighted by molar-refractivity contribution is 0.0914. The van der Waals surface area contributed by atoms with Crippen molar-refractivity contribution in [3.8, 4) is 5.75 Å². The molecule has 0 aliphatic carbocycles. The van der Waals surface area contributed by atoms with Gasteiger partial charge in [0.2, 0.25) is 5.56 Å². The number of aromatic hydroxyl groups is 1. The van der Waals surface area contributed by atoms with Gasteiger partial charge in [-0.25, -0.2) is 0 Å². The van der Waals surface area contributed by atoms with Gasteiger partial charge >= 0.3 is 0 Å². The first-order valence-electron chi connectivity index (χ1n) is 11.7. The number of ether oxygens (including phenoxy) is 1. The number of hydrogen-bond acceptors (Lipinski definition) is 6. The van der Waals surface area contributed by atoms with Gasteiger partial charge in [-0.1, -0.05) is 42.5 Å². The molecule has 0 amide bonds. The van der Waals surface area contributed by atoms with E-state index in [9.17, 15) is 15.0 Å². The molecule has 1 aliphatic rings. The van der Waals surface area contributed by atoms with Gasteiger partial charge in [-0.05, 0) is 49.5 Å². The highest BCUT2D eigenvalue weighted by atomic mass is 16.5. The van der Waals surface area contributed by atoms with Crippen molar-refractivity contribution in [3.05, 3.63) is 76.1 Å². The Morgan fingerprint density at radius 3 is 2.67 bits per heavy atom. The van der Waals surface area contributed by atoms with Crippen LogP contribution in [-0.2, 0) is 11.2 Å². The molecule has 0 unspecified atom stereocenters. The summed E-state index contributed by atoms with van der Waals surface area (Å²) in [4.78, 5) is 17.1. The summed E-state index contributed by atoms with van der Waals surface area (Å²) in [5.74, 6) is 0.00280. The van der Waals surface area contributed by atoms with Gasteiger partial charge in [-0.15, -0.1) is 0 Å². The Morgan fingerprint density at radius 2 is 1.88 bits per heavy atom. The number of benzene rings is 2. The smallest absolute Gasteiger partial charge is 0.248 e. The molecule has 1 saturated heterocycles. The quantitative estimate of drug-likeness (QED) is 0.354. The Kier molecular flexibility index (Phi) is 8.12. The molecule has 0 bridgehead atoms. The number of rotatable bonds is 10. The van der Waals surface area contributed by atoms with Crippen molar-refractivity contribution >= 4 is 10.9 Å². The Hall–Kier alpha value is -2.71. The second-order valence-electron chi connectivity index (χ2n) is 8.68. The van der Waals surface area contributed by atoms with Crippen LogP contribution in [0.5, 0.6) is 5.75 Å². The standard InChI is InChI=1S/C26H33N3O4/c30-23-8-4-7-21-22(17-25(32)28-26(21)23)24(31)18-27-20-9-12-29(13-10-20)14-16-33-15-11-19-5-2-1-3-6-19/h1-8,17,20,24,27,30-31H,9-16,18H2,(H,28,32)/t24-/m0/s1. The number of nitrogens with zero attached hydrogens (tertiary/aromatic N) is 1. The fraction of sp³-hybridized carbons (Fsp3) is 0.423. The molecule has 2 heterocycles. The van der Waals surface area contributed by atoms with E-state index in [1.807, 2.05) is 6.07 Å². The van der Waals surface area contributed by atoms with Gasteiger partial charge in [-0.3, -0.25) is 4.79 Å². The minimum absolute atomic E-state index is 0.00280. The summed E-state index contributed by atoms with van der Waals surface area (Å²) in [6.45, 7) is 4.78. The summed E-state index contributed by atoms with van der Waals surface area (Å²) >= 11 is 0. The number of H-pyrrole nitrogens is 1. The average Bonchev–Trinajstić information content (AvgIpc) is 2.84. The highest BCUT2D eigenvalue weighted by Crippen LogP contribution is 2.27. The molecule has 0 saturated carbocycles.